The van der Waals surface area contributed by atoms with E-state index in [1.165, 1.54) is 12.1 Å². The third-order valence-electron chi connectivity index (χ3n) is 4.93. The van der Waals surface area contributed by atoms with Crippen LogP contribution < -0.4 is 0 Å². The molecule has 0 N–H and O–H groups in total. The summed E-state index contributed by atoms with van der Waals surface area (Å²) < 4.78 is 41.0. The van der Waals surface area contributed by atoms with Crippen molar-refractivity contribution in [1.82, 2.24) is 25.1 Å². The van der Waals surface area contributed by atoms with Crippen LogP contribution in [0.3, 0.4) is 0 Å². The van der Waals surface area contributed by atoms with Gasteiger partial charge in [-0.2, -0.15) is 13.2 Å². The van der Waals surface area contributed by atoms with E-state index < -0.39 is 17.8 Å². The van der Waals surface area contributed by atoms with Crippen molar-refractivity contribution in [2.45, 2.75) is 52.0 Å². The molecule has 8 heteroatoms. The standard InChI is InChI=1S/C22H26F3N5/c1-5-29(15-16-9-7-6-8-10-16)19(20-26-27-28-30(20)21(2,3)4)17-11-13-18(14-12-17)22(23,24)25/h6-14,19H,5,15H2,1-4H3. The highest BCUT2D eigenvalue weighted by Crippen LogP contribution is 2.34. The molecule has 0 amide bonds. The molecule has 2 aromatic carbocycles. The molecule has 1 atom stereocenters. The molecular weight excluding hydrogens is 391 g/mol. The van der Waals surface area contributed by atoms with E-state index in [9.17, 15) is 13.2 Å². The SMILES string of the molecule is CCN(Cc1ccccc1)C(c1ccc(C(F)(F)F)cc1)c1nnnn1C(C)(C)C. The molecule has 0 fully saturated rings. The van der Waals surface area contributed by atoms with E-state index in [-0.39, 0.29) is 5.54 Å². The second-order valence-electron chi connectivity index (χ2n) is 8.19. The van der Waals surface area contributed by atoms with Crippen LogP contribution in [0.4, 0.5) is 13.2 Å². The Balaban J connectivity index is 2.08. The number of hydrogen-bond acceptors (Lipinski definition) is 4. The molecular formula is C22H26F3N5. The van der Waals surface area contributed by atoms with Crippen LogP contribution in [0.2, 0.25) is 0 Å². The van der Waals surface area contributed by atoms with E-state index in [0.29, 0.717) is 24.5 Å². The smallest absolute Gasteiger partial charge is 0.286 e. The van der Waals surface area contributed by atoms with E-state index >= 15 is 0 Å². The number of nitrogens with zero attached hydrogens (tertiary/aromatic N) is 5. The van der Waals surface area contributed by atoms with Gasteiger partial charge in [-0.05, 0) is 61.0 Å². The maximum Gasteiger partial charge on any atom is 0.416 e. The maximum atomic E-state index is 13.1. The van der Waals surface area contributed by atoms with Crippen LogP contribution in [-0.4, -0.2) is 31.7 Å². The van der Waals surface area contributed by atoms with Gasteiger partial charge < -0.3 is 0 Å². The fourth-order valence-electron chi connectivity index (χ4n) is 3.42. The molecule has 30 heavy (non-hydrogen) atoms. The average molecular weight is 417 g/mol. The van der Waals surface area contributed by atoms with Gasteiger partial charge in [-0.1, -0.05) is 49.4 Å². The van der Waals surface area contributed by atoms with Gasteiger partial charge in [0.1, 0.15) is 0 Å². The highest BCUT2D eigenvalue weighted by molar-refractivity contribution is 5.30. The van der Waals surface area contributed by atoms with Gasteiger partial charge in [0.2, 0.25) is 0 Å². The minimum Gasteiger partial charge on any atom is -0.286 e. The van der Waals surface area contributed by atoms with Crippen LogP contribution in [0.5, 0.6) is 0 Å². The summed E-state index contributed by atoms with van der Waals surface area (Å²) in [4.78, 5) is 2.16. The second kappa shape index (κ2) is 8.55. The largest absolute Gasteiger partial charge is 0.416 e. The zero-order valence-corrected chi connectivity index (χ0v) is 17.6. The average Bonchev–Trinajstić information content (AvgIpc) is 3.18. The second-order valence-corrected chi connectivity index (χ2v) is 8.19. The Morgan fingerprint density at radius 1 is 0.967 bits per heavy atom. The lowest BCUT2D eigenvalue weighted by Gasteiger charge is -2.32. The van der Waals surface area contributed by atoms with Crippen molar-refractivity contribution in [3.8, 4) is 0 Å². The van der Waals surface area contributed by atoms with Crippen molar-refractivity contribution in [2.75, 3.05) is 6.54 Å². The van der Waals surface area contributed by atoms with Crippen LogP contribution in [0, 0.1) is 0 Å². The molecule has 0 saturated heterocycles. The summed E-state index contributed by atoms with van der Waals surface area (Å²) in [6, 6.07) is 14.8. The van der Waals surface area contributed by atoms with Gasteiger partial charge in [0.15, 0.2) is 5.82 Å². The molecule has 1 unspecified atom stereocenters. The van der Waals surface area contributed by atoms with E-state index in [1.54, 1.807) is 4.68 Å². The van der Waals surface area contributed by atoms with Gasteiger partial charge in [0.25, 0.3) is 0 Å². The molecule has 160 valence electrons. The van der Waals surface area contributed by atoms with Gasteiger partial charge in [-0.25, -0.2) is 4.68 Å². The topological polar surface area (TPSA) is 46.8 Å². The first kappa shape index (κ1) is 22.0. The molecule has 0 spiro atoms. The molecule has 1 aromatic heterocycles. The molecule has 3 rings (SSSR count). The first-order chi connectivity index (χ1) is 14.1. The monoisotopic (exact) mass is 417 g/mol. The summed E-state index contributed by atoms with van der Waals surface area (Å²) in [5.41, 5.74) is 0.758. The third-order valence-corrected chi connectivity index (χ3v) is 4.93. The summed E-state index contributed by atoms with van der Waals surface area (Å²) in [5, 5.41) is 12.3. The highest BCUT2D eigenvalue weighted by atomic mass is 19.4. The van der Waals surface area contributed by atoms with Crippen LogP contribution in [0.15, 0.2) is 54.6 Å². The summed E-state index contributed by atoms with van der Waals surface area (Å²) in [5.74, 6) is 0.597. The van der Waals surface area contributed by atoms with Crippen molar-refractivity contribution in [3.05, 3.63) is 77.1 Å². The lowest BCUT2D eigenvalue weighted by molar-refractivity contribution is -0.137. The molecule has 1 heterocycles. The van der Waals surface area contributed by atoms with E-state index in [1.807, 2.05) is 58.0 Å². The molecule has 0 radical (unpaired) electrons. The lowest BCUT2D eigenvalue weighted by Crippen LogP contribution is -2.35. The number of alkyl halides is 3. The first-order valence-electron chi connectivity index (χ1n) is 9.85. The van der Waals surface area contributed by atoms with Gasteiger partial charge >= 0.3 is 6.18 Å². The lowest BCUT2D eigenvalue weighted by atomic mass is 10.00. The van der Waals surface area contributed by atoms with Crippen molar-refractivity contribution >= 4 is 0 Å². The summed E-state index contributed by atoms with van der Waals surface area (Å²) in [6.07, 6.45) is -4.38. The van der Waals surface area contributed by atoms with Crippen LogP contribution in [0.1, 0.15) is 56.3 Å². The van der Waals surface area contributed by atoms with Crippen molar-refractivity contribution in [2.24, 2.45) is 0 Å². The van der Waals surface area contributed by atoms with Gasteiger partial charge in [0.05, 0.1) is 17.1 Å². The fraction of sp³-hybridized carbons (Fsp3) is 0.409. The zero-order valence-electron chi connectivity index (χ0n) is 17.6. The Labute approximate surface area is 174 Å². The van der Waals surface area contributed by atoms with Gasteiger partial charge in [-0.15, -0.1) is 5.10 Å². The van der Waals surface area contributed by atoms with Crippen LogP contribution in [-0.2, 0) is 18.3 Å². The zero-order chi connectivity index (χ0) is 21.9. The molecule has 0 bridgehead atoms. The van der Waals surface area contributed by atoms with Crippen LogP contribution >= 0.6 is 0 Å². The number of rotatable bonds is 6. The Morgan fingerprint density at radius 3 is 2.13 bits per heavy atom. The predicted octanol–water partition coefficient (Wildman–Crippen LogP) is 5.06. The quantitative estimate of drug-likeness (QED) is 0.563. The Hall–Kier alpha value is -2.74. The first-order valence-corrected chi connectivity index (χ1v) is 9.85. The molecule has 0 aliphatic rings. The van der Waals surface area contributed by atoms with E-state index in [0.717, 1.165) is 17.7 Å². The minimum atomic E-state index is -4.38. The van der Waals surface area contributed by atoms with Crippen molar-refractivity contribution < 1.29 is 13.2 Å². The summed E-state index contributed by atoms with van der Waals surface area (Å²) in [6.45, 7) is 9.27. The van der Waals surface area contributed by atoms with E-state index in [2.05, 4.69) is 20.4 Å². The molecule has 0 aliphatic heterocycles. The van der Waals surface area contributed by atoms with E-state index in [4.69, 9.17) is 0 Å². The number of benzene rings is 2. The van der Waals surface area contributed by atoms with Gasteiger partial charge in [-0.3, -0.25) is 4.90 Å². The maximum absolute atomic E-state index is 13.1. The summed E-state index contributed by atoms with van der Waals surface area (Å²) >= 11 is 0. The number of tetrazole rings is 1. The normalized spacial score (nSPS) is 13.6. The predicted molar refractivity (Wildman–Crippen MR) is 109 cm³/mol. The third kappa shape index (κ3) is 4.87. The minimum absolute atomic E-state index is 0.380. The molecule has 3 aromatic rings. The number of hydrogen-bond donors (Lipinski definition) is 0. The Kier molecular flexibility index (Phi) is 6.26. The van der Waals surface area contributed by atoms with Crippen molar-refractivity contribution in [3.63, 3.8) is 0 Å². The summed E-state index contributed by atoms with van der Waals surface area (Å²) in [7, 11) is 0. The molecule has 0 saturated carbocycles. The van der Waals surface area contributed by atoms with Crippen LogP contribution in [0.25, 0.3) is 0 Å². The Bertz CT molecular complexity index is 943. The highest BCUT2D eigenvalue weighted by Gasteiger charge is 2.33. The molecule has 5 nitrogen and oxygen atoms in total. The van der Waals surface area contributed by atoms with Gasteiger partial charge in [0, 0.05) is 6.54 Å². The number of halogens is 3. The number of aromatic nitrogens is 4. The van der Waals surface area contributed by atoms with Crippen molar-refractivity contribution in [1.29, 1.82) is 0 Å². The Morgan fingerprint density at radius 2 is 1.60 bits per heavy atom. The fourth-order valence-corrected chi connectivity index (χ4v) is 3.42. The molecule has 0 aliphatic carbocycles.